The molecule has 1 aromatic carbocycles. The van der Waals surface area contributed by atoms with E-state index in [9.17, 15) is 4.79 Å². The summed E-state index contributed by atoms with van der Waals surface area (Å²) in [5.74, 6) is 0.849. The molecule has 2 heterocycles. The Morgan fingerprint density at radius 1 is 1.17 bits per heavy atom. The van der Waals surface area contributed by atoms with Gasteiger partial charge < -0.3 is 14.5 Å². The molecule has 5 nitrogen and oxygen atoms in total. The van der Waals surface area contributed by atoms with Crippen LogP contribution in [0.25, 0.3) is 0 Å². The Hall–Kier alpha value is -2.27. The second kappa shape index (κ2) is 6.87. The number of methoxy groups -OCH3 is 1. The van der Waals surface area contributed by atoms with E-state index in [2.05, 4.69) is 9.88 Å². The average molecular weight is 332 g/mol. The highest BCUT2D eigenvalue weighted by molar-refractivity contribution is 6.29. The number of pyridine rings is 1. The summed E-state index contributed by atoms with van der Waals surface area (Å²) < 4.78 is 5.41. The molecule has 0 spiro atoms. The van der Waals surface area contributed by atoms with E-state index < -0.39 is 0 Å². The molecule has 1 fully saturated rings. The summed E-state index contributed by atoms with van der Waals surface area (Å²) in [6.07, 6.45) is 1.56. The summed E-state index contributed by atoms with van der Waals surface area (Å²) in [5.41, 5.74) is 1.64. The predicted molar refractivity (Wildman–Crippen MR) is 90.4 cm³/mol. The van der Waals surface area contributed by atoms with Crippen LogP contribution in [0.2, 0.25) is 5.15 Å². The van der Waals surface area contributed by atoms with E-state index >= 15 is 0 Å². The highest BCUT2D eigenvalue weighted by Gasteiger charge is 2.23. The van der Waals surface area contributed by atoms with Gasteiger partial charge in [-0.3, -0.25) is 4.79 Å². The minimum absolute atomic E-state index is 0.00558. The Balaban J connectivity index is 1.67. The quantitative estimate of drug-likeness (QED) is 0.811. The van der Waals surface area contributed by atoms with E-state index in [0.29, 0.717) is 23.8 Å². The van der Waals surface area contributed by atoms with Crippen molar-refractivity contribution in [3.8, 4) is 5.75 Å². The van der Waals surface area contributed by atoms with Gasteiger partial charge in [0.25, 0.3) is 5.91 Å². The van der Waals surface area contributed by atoms with Crippen molar-refractivity contribution in [3.63, 3.8) is 0 Å². The first-order valence-electron chi connectivity index (χ1n) is 7.48. The van der Waals surface area contributed by atoms with Crippen LogP contribution >= 0.6 is 11.6 Å². The number of amides is 1. The van der Waals surface area contributed by atoms with E-state index in [1.165, 1.54) is 0 Å². The Bertz CT molecular complexity index is 700. The molecule has 1 aliphatic heterocycles. The first-order chi connectivity index (χ1) is 11.2. The zero-order valence-electron chi connectivity index (χ0n) is 12.9. The third-order valence-corrected chi connectivity index (χ3v) is 4.17. The Morgan fingerprint density at radius 3 is 2.61 bits per heavy atom. The number of carbonyl (C=O) groups is 1. The van der Waals surface area contributed by atoms with Crippen molar-refractivity contribution < 1.29 is 9.53 Å². The molecule has 0 aliphatic carbocycles. The van der Waals surface area contributed by atoms with Crippen LogP contribution in [0.4, 0.5) is 5.69 Å². The maximum absolute atomic E-state index is 12.5. The Morgan fingerprint density at radius 2 is 1.91 bits per heavy atom. The van der Waals surface area contributed by atoms with Gasteiger partial charge in [-0.05, 0) is 24.3 Å². The second-order valence-electron chi connectivity index (χ2n) is 5.32. The van der Waals surface area contributed by atoms with E-state index in [1.807, 2.05) is 29.2 Å². The van der Waals surface area contributed by atoms with Gasteiger partial charge in [0.1, 0.15) is 10.9 Å². The van der Waals surface area contributed by atoms with Crippen molar-refractivity contribution in [2.24, 2.45) is 0 Å². The standard InChI is InChI=1S/C17H18ClN3O2/c1-23-15-5-3-2-4-14(15)20-8-10-21(11-9-20)17(22)13-6-7-19-16(18)12-13/h2-7,12H,8-11H2,1H3. The van der Waals surface area contributed by atoms with Gasteiger partial charge >= 0.3 is 0 Å². The maximum atomic E-state index is 12.5. The smallest absolute Gasteiger partial charge is 0.254 e. The van der Waals surface area contributed by atoms with E-state index in [0.717, 1.165) is 24.5 Å². The number of hydrogen-bond donors (Lipinski definition) is 0. The van der Waals surface area contributed by atoms with Gasteiger partial charge in [-0.15, -0.1) is 0 Å². The molecule has 1 amide bonds. The monoisotopic (exact) mass is 331 g/mol. The second-order valence-corrected chi connectivity index (χ2v) is 5.71. The SMILES string of the molecule is COc1ccccc1N1CCN(C(=O)c2ccnc(Cl)c2)CC1. The lowest BCUT2D eigenvalue weighted by atomic mass is 10.2. The summed E-state index contributed by atoms with van der Waals surface area (Å²) in [5, 5.41) is 0.337. The Kier molecular flexibility index (Phi) is 4.67. The lowest BCUT2D eigenvalue weighted by Crippen LogP contribution is -2.48. The van der Waals surface area contributed by atoms with Gasteiger partial charge in [-0.2, -0.15) is 0 Å². The number of halogens is 1. The third-order valence-electron chi connectivity index (χ3n) is 3.97. The van der Waals surface area contributed by atoms with Crippen molar-refractivity contribution in [1.29, 1.82) is 0 Å². The van der Waals surface area contributed by atoms with E-state index in [1.54, 1.807) is 25.4 Å². The topological polar surface area (TPSA) is 45.7 Å². The number of carbonyl (C=O) groups excluding carboxylic acids is 1. The zero-order valence-corrected chi connectivity index (χ0v) is 13.7. The molecule has 0 saturated carbocycles. The number of nitrogens with zero attached hydrogens (tertiary/aromatic N) is 3. The number of hydrogen-bond acceptors (Lipinski definition) is 4. The summed E-state index contributed by atoms with van der Waals surface area (Å²) in [4.78, 5) is 20.5. The number of para-hydroxylation sites is 2. The van der Waals surface area contributed by atoms with Gasteiger partial charge in [0.15, 0.2) is 0 Å². The molecule has 0 radical (unpaired) electrons. The normalized spacial score (nSPS) is 14.7. The van der Waals surface area contributed by atoms with E-state index in [4.69, 9.17) is 16.3 Å². The number of rotatable bonds is 3. The van der Waals surface area contributed by atoms with Crippen LogP contribution in [0.5, 0.6) is 5.75 Å². The summed E-state index contributed by atoms with van der Waals surface area (Å²) in [7, 11) is 1.67. The number of piperazine rings is 1. The molecule has 3 rings (SSSR count). The fourth-order valence-corrected chi connectivity index (χ4v) is 2.93. The molecule has 120 valence electrons. The fraction of sp³-hybridized carbons (Fsp3) is 0.294. The van der Waals surface area contributed by atoms with Crippen LogP contribution in [0.15, 0.2) is 42.6 Å². The van der Waals surface area contributed by atoms with Crippen LogP contribution in [0.1, 0.15) is 10.4 Å². The molecular weight excluding hydrogens is 314 g/mol. The van der Waals surface area contributed by atoms with E-state index in [-0.39, 0.29) is 5.91 Å². The van der Waals surface area contributed by atoms with Crippen LogP contribution < -0.4 is 9.64 Å². The van der Waals surface area contributed by atoms with Crippen LogP contribution in [0, 0.1) is 0 Å². The first-order valence-corrected chi connectivity index (χ1v) is 7.85. The Labute approximate surface area is 140 Å². The molecule has 1 aromatic heterocycles. The van der Waals surface area contributed by atoms with Crippen molar-refractivity contribution in [3.05, 3.63) is 53.3 Å². The lowest BCUT2D eigenvalue weighted by Gasteiger charge is -2.36. The van der Waals surface area contributed by atoms with Gasteiger partial charge in [-0.1, -0.05) is 23.7 Å². The molecule has 1 aliphatic rings. The molecular formula is C17H18ClN3O2. The number of benzene rings is 1. The van der Waals surface area contributed by atoms with Gasteiger partial charge in [0.2, 0.25) is 0 Å². The minimum atomic E-state index is -0.00558. The van der Waals surface area contributed by atoms with Gasteiger partial charge in [0, 0.05) is 37.9 Å². The number of ether oxygens (including phenoxy) is 1. The molecule has 23 heavy (non-hydrogen) atoms. The van der Waals surface area contributed by atoms with Crippen LogP contribution in [-0.4, -0.2) is 49.1 Å². The number of anilines is 1. The predicted octanol–water partition coefficient (Wildman–Crippen LogP) is 2.71. The van der Waals surface area contributed by atoms with Crippen molar-refractivity contribution in [2.45, 2.75) is 0 Å². The van der Waals surface area contributed by atoms with Gasteiger partial charge in [-0.25, -0.2) is 4.98 Å². The van der Waals surface area contributed by atoms with Crippen molar-refractivity contribution in [1.82, 2.24) is 9.88 Å². The molecule has 0 unspecified atom stereocenters. The summed E-state index contributed by atoms with van der Waals surface area (Å²) >= 11 is 5.86. The molecule has 0 N–H and O–H groups in total. The molecule has 6 heteroatoms. The van der Waals surface area contributed by atoms with Crippen molar-refractivity contribution >= 4 is 23.2 Å². The van der Waals surface area contributed by atoms with Crippen molar-refractivity contribution in [2.75, 3.05) is 38.2 Å². The fourth-order valence-electron chi connectivity index (χ4n) is 2.76. The van der Waals surface area contributed by atoms with Gasteiger partial charge in [0.05, 0.1) is 12.8 Å². The molecule has 1 saturated heterocycles. The average Bonchev–Trinajstić information content (AvgIpc) is 2.61. The molecule has 2 aromatic rings. The highest BCUT2D eigenvalue weighted by Crippen LogP contribution is 2.28. The van der Waals surface area contributed by atoms with Crippen LogP contribution in [0.3, 0.4) is 0 Å². The van der Waals surface area contributed by atoms with Crippen LogP contribution in [-0.2, 0) is 0 Å². The minimum Gasteiger partial charge on any atom is -0.495 e. The maximum Gasteiger partial charge on any atom is 0.254 e. The molecule has 0 bridgehead atoms. The highest BCUT2D eigenvalue weighted by atomic mass is 35.5. The summed E-state index contributed by atoms with van der Waals surface area (Å²) in [6, 6.07) is 11.2. The lowest BCUT2D eigenvalue weighted by molar-refractivity contribution is 0.0746. The zero-order chi connectivity index (χ0) is 16.2. The number of aromatic nitrogens is 1. The third kappa shape index (κ3) is 3.40. The summed E-state index contributed by atoms with van der Waals surface area (Å²) in [6.45, 7) is 2.86. The molecule has 0 atom stereocenters. The first kappa shape index (κ1) is 15.6. The largest absolute Gasteiger partial charge is 0.495 e.